The number of benzene rings is 2. The topological polar surface area (TPSA) is 132 Å². The van der Waals surface area contributed by atoms with Crippen molar-refractivity contribution in [3.63, 3.8) is 0 Å². The predicted molar refractivity (Wildman–Crippen MR) is 166 cm³/mol. The summed E-state index contributed by atoms with van der Waals surface area (Å²) in [6.07, 6.45) is -4.61. The molecule has 2 aromatic carbocycles. The van der Waals surface area contributed by atoms with Crippen LogP contribution in [0.4, 0.5) is 18.0 Å². The second-order valence-corrected chi connectivity index (χ2v) is 14.2. The second kappa shape index (κ2) is 13.2. The van der Waals surface area contributed by atoms with E-state index >= 15 is 0 Å². The van der Waals surface area contributed by atoms with E-state index < -0.39 is 39.3 Å². The van der Waals surface area contributed by atoms with Crippen molar-refractivity contribution in [2.45, 2.75) is 37.9 Å². The number of amidine groups is 1. The predicted octanol–water partition coefficient (Wildman–Crippen LogP) is 2.67. The number of carbonyl (C=O) groups is 3. The smallest absolute Gasteiger partial charge is 0.351 e. The fourth-order valence-electron chi connectivity index (χ4n) is 5.80. The number of piperazine rings is 1. The highest BCUT2D eigenvalue weighted by Gasteiger charge is 2.47. The summed E-state index contributed by atoms with van der Waals surface area (Å²) in [5, 5.41) is 4.11. The van der Waals surface area contributed by atoms with Gasteiger partial charge in [0.25, 0.3) is 11.8 Å². The number of nitrogens with one attached hydrogen (secondary N) is 1. The van der Waals surface area contributed by atoms with Gasteiger partial charge in [0.05, 0.1) is 24.4 Å². The number of rotatable bonds is 7. The normalized spacial score (nSPS) is 19.0. The van der Waals surface area contributed by atoms with Gasteiger partial charge in [0.2, 0.25) is 10.0 Å². The Morgan fingerprint density at radius 3 is 2.32 bits per heavy atom. The van der Waals surface area contributed by atoms with Crippen molar-refractivity contribution in [1.82, 2.24) is 24.5 Å². The largest absolute Gasteiger partial charge is 0.428 e. The van der Waals surface area contributed by atoms with Crippen molar-refractivity contribution >= 4 is 33.8 Å². The molecule has 0 aliphatic carbocycles. The average molecular weight is 679 g/mol. The summed E-state index contributed by atoms with van der Waals surface area (Å²) in [5.74, 6) is -0.750. The van der Waals surface area contributed by atoms with Crippen LogP contribution in [0.1, 0.15) is 45.5 Å². The minimum Gasteiger partial charge on any atom is -0.351 e. The molecule has 3 amide bonds. The maximum atomic E-state index is 13.3. The molecule has 16 heteroatoms. The fraction of sp³-hybridized carbons (Fsp3) is 0.484. The molecular formula is C31H37F3N6O6S. The summed E-state index contributed by atoms with van der Waals surface area (Å²) in [4.78, 5) is 50.5. The summed E-state index contributed by atoms with van der Waals surface area (Å²) < 4.78 is 67.4. The SMILES string of the molecule is Cc1cc(C(=O)N2CCN(OC(=O)N(C)C)CC2)ccc1CCS(=O)(=O)N1CCC2(CC1)N=C(c1cccc(C(F)(F)F)c1)NC2=O. The molecule has 3 aliphatic heterocycles. The molecule has 2 fully saturated rings. The zero-order valence-electron chi connectivity index (χ0n) is 26.3. The van der Waals surface area contributed by atoms with Gasteiger partial charge in [-0.25, -0.2) is 17.5 Å². The van der Waals surface area contributed by atoms with Gasteiger partial charge in [-0.1, -0.05) is 18.2 Å². The molecule has 3 aliphatic rings. The van der Waals surface area contributed by atoms with Crippen LogP contribution >= 0.6 is 0 Å². The first-order chi connectivity index (χ1) is 22.1. The molecule has 2 aromatic rings. The van der Waals surface area contributed by atoms with E-state index in [-0.39, 0.29) is 55.4 Å². The third-order valence-corrected chi connectivity index (χ3v) is 10.6. The van der Waals surface area contributed by atoms with Crippen LogP contribution in [0.15, 0.2) is 47.5 Å². The lowest BCUT2D eigenvalue weighted by Crippen LogP contribution is -2.50. The van der Waals surface area contributed by atoms with Crippen molar-refractivity contribution in [2.75, 3.05) is 59.1 Å². The first kappa shape index (κ1) is 34.3. The van der Waals surface area contributed by atoms with Crippen LogP contribution < -0.4 is 5.32 Å². The minimum atomic E-state index is -4.54. The highest BCUT2D eigenvalue weighted by Crippen LogP contribution is 2.34. The van der Waals surface area contributed by atoms with Crippen molar-refractivity contribution in [3.05, 3.63) is 70.3 Å². The van der Waals surface area contributed by atoms with Crippen LogP contribution in [0.25, 0.3) is 0 Å². The number of amides is 3. The molecule has 1 spiro atoms. The molecule has 254 valence electrons. The Hall–Kier alpha value is -4.02. The molecule has 47 heavy (non-hydrogen) atoms. The molecule has 12 nitrogen and oxygen atoms in total. The Kier molecular flexibility index (Phi) is 9.67. The summed E-state index contributed by atoms with van der Waals surface area (Å²) in [6, 6.07) is 9.72. The number of sulfonamides is 1. The van der Waals surface area contributed by atoms with Gasteiger partial charge in [0.15, 0.2) is 0 Å². The van der Waals surface area contributed by atoms with E-state index in [2.05, 4.69) is 10.3 Å². The molecule has 0 radical (unpaired) electrons. The lowest BCUT2D eigenvalue weighted by atomic mass is 9.89. The van der Waals surface area contributed by atoms with E-state index in [9.17, 15) is 36.0 Å². The molecule has 1 N–H and O–H groups in total. The average Bonchev–Trinajstić information content (AvgIpc) is 3.35. The number of hydrogen-bond acceptors (Lipinski definition) is 8. The zero-order chi connectivity index (χ0) is 34.1. The second-order valence-electron chi connectivity index (χ2n) is 12.1. The Labute approximate surface area is 271 Å². The maximum Gasteiger partial charge on any atom is 0.428 e. The Balaban J connectivity index is 1.15. The van der Waals surface area contributed by atoms with E-state index in [0.717, 1.165) is 23.3 Å². The molecule has 0 bridgehead atoms. The number of piperidine rings is 1. The minimum absolute atomic E-state index is 0.0441. The molecule has 5 rings (SSSR count). The van der Waals surface area contributed by atoms with Gasteiger partial charge in [-0.3, -0.25) is 14.6 Å². The van der Waals surface area contributed by atoms with E-state index in [4.69, 9.17) is 4.84 Å². The lowest BCUT2D eigenvalue weighted by Gasteiger charge is -2.34. The summed E-state index contributed by atoms with van der Waals surface area (Å²) in [6.45, 7) is 3.44. The highest BCUT2D eigenvalue weighted by molar-refractivity contribution is 7.89. The van der Waals surface area contributed by atoms with Crippen LogP contribution in [-0.2, 0) is 32.3 Å². The third kappa shape index (κ3) is 7.60. The molecule has 2 saturated heterocycles. The summed E-state index contributed by atoms with van der Waals surface area (Å²) in [7, 11) is -0.527. The van der Waals surface area contributed by atoms with Crippen LogP contribution in [0.5, 0.6) is 0 Å². The van der Waals surface area contributed by atoms with E-state index in [1.807, 2.05) is 6.92 Å². The molecule has 0 aromatic heterocycles. The van der Waals surface area contributed by atoms with Crippen molar-refractivity contribution in [1.29, 1.82) is 0 Å². The van der Waals surface area contributed by atoms with E-state index in [1.54, 1.807) is 37.2 Å². The van der Waals surface area contributed by atoms with Crippen LogP contribution in [0, 0.1) is 6.92 Å². The molecule has 0 unspecified atom stereocenters. The first-order valence-corrected chi connectivity index (χ1v) is 16.8. The fourth-order valence-corrected chi connectivity index (χ4v) is 7.28. The molecule has 3 heterocycles. The number of aliphatic imine (C=N–C) groups is 1. The van der Waals surface area contributed by atoms with Gasteiger partial charge < -0.3 is 20.0 Å². The van der Waals surface area contributed by atoms with Crippen molar-refractivity contribution < 1.29 is 40.8 Å². The van der Waals surface area contributed by atoms with Crippen molar-refractivity contribution in [3.8, 4) is 0 Å². The number of nitrogens with zero attached hydrogens (tertiary/aromatic N) is 5. The van der Waals surface area contributed by atoms with Gasteiger partial charge in [-0.15, -0.1) is 5.06 Å². The van der Waals surface area contributed by atoms with E-state index in [1.165, 1.54) is 26.4 Å². The number of aryl methyl sites for hydroxylation is 2. The highest BCUT2D eigenvalue weighted by atomic mass is 32.2. The number of carbonyl (C=O) groups excluding carboxylic acids is 3. The third-order valence-electron chi connectivity index (χ3n) is 8.70. The summed E-state index contributed by atoms with van der Waals surface area (Å²) >= 11 is 0. The standard InChI is InChI=1S/C31H37F3N6O6S/c1-21-19-24(27(41)38-14-16-39(17-15-38)46-29(43)37(2)3)8-7-22(21)9-18-47(44,45)40-12-10-30(11-13-40)28(42)35-26(36-30)23-5-4-6-25(20-23)31(32,33)34/h4-8,19-20H,9-18H2,1-3H3,(H,35,36,42). The van der Waals surface area contributed by atoms with Gasteiger partial charge in [-0.05, 0) is 61.6 Å². The number of halogens is 3. The summed E-state index contributed by atoms with van der Waals surface area (Å²) in [5.41, 5.74) is 0.0800. The Bertz CT molecular complexity index is 1680. The number of hydrogen-bond donors (Lipinski definition) is 1. The van der Waals surface area contributed by atoms with Gasteiger partial charge in [-0.2, -0.15) is 13.2 Å². The molecule has 0 saturated carbocycles. The Morgan fingerprint density at radius 2 is 1.70 bits per heavy atom. The first-order valence-electron chi connectivity index (χ1n) is 15.2. The van der Waals surface area contributed by atoms with Crippen LogP contribution in [0.3, 0.4) is 0 Å². The van der Waals surface area contributed by atoms with Crippen LogP contribution in [0.2, 0.25) is 0 Å². The number of alkyl halides is 3. The quantitative estimate of drug-likeness (QED) is 0.477. The Morgan fingerprint density at radius 1 is 1.02 bits per heavy atom. The molecule has 0 atom stereocenters. The lowest BCUT2D eigenvalue weighted by molar-refractivity contribution is -0.137. The van der Waals surface area contributed by atoms with Gasteiger partial charge in [0.1, 0.15) is 11.4 Å². The molecular weight excluding hydrogens is 641 g/mol. The van der Waals surface area contributed by atoms with Crippen LogP contribution in [-0.4, -0.2) is 116 Å². The van der Waals surface area contributed by atoms with Gasteiger partial charge in [0, 0.05) is 51.4 Å². The van der Waals surface area contributed by atoms with Crippen molar-refractivity contribution in [2.24, 2.45) is 4.99 Å². The monoisotopic (exact) mass is 678 g/mol. The zero-order valence-corrected chi connectivity index (χ0v) is 27.2. The maximum absolute atomic E-state index is 13.3. The van der Waals surface area contributed by atoms with E-state index in [0.29, 0.717) is 31.7 Å². The van der Waals surface area contributed by atoms with Gasteiger partial charge >= 0.3 is 12.3 Å². The number of hydroxylamine groups is 2.